The van der Waals surface area contributed by atoms with Crippen molar-refractivity contribution in [2.75, 3.05) is 18.1 Å². The molecular formula is C23H26N2O11. The molecule has 194 valence electrons. The van der Waals surface area contributed by atoms with Gasteiger partial charge in [0.2, 0.25) is 6.29 Å². The molecule has 0 aromatic heterocycles. The van der Waals surface area contributed by atoms with E-state index in [-0.39, 0.29) is 24.4 Å². The Morgan fingerprint density at radius 1 is 1.17 bits per heavy atom. The molecule has 4 rings (SSSR count). The number of hydrogen-bond acceptors (Lipinski definition) is 11. The molecule has 13 nitrogen and oxygen atoms in total. The molecule has 13 heteroatoms. The van der Waals surface area contributed by atoms with E-state index in [9.17, 15) is 40.2 Å². The van der Waals surface area contributed by atoms with Gasteiger partial charge in [0.15, 0.2) is 11.5 Å². The number of carbonyl (C=O) groups is 2. The second kappa shape index (κ2) is 10.2. The average molecular weight is 506 g/mol. The molecule has 0 unspecified atom stereocenters. The summed E-state index contributed by atoms with van der Waals surface area (Å²) >= 11 is 0. The molecule has 3 heterocycles. The number of phenolic OH excluding ortho intramolecular Hbond substituents is 1. The van der Waals surface area contributed by atoms with Gasteiger partial charge in [-0.3, -0.25) is 4.99 Å². The lowest BCUT2D eigenvalue weighted by molar-refractivity contribution is -0.277. The molecule has 36 heavy (non-hydrogen) atoms. The van der Waals surface area contributed by atoms with Crippen LogP contribution in [0.4, 0.5) is 5.69 Å². The lowest BCUT2D eigenvalue weighted by Gasteiger charge is -2.39. The Balaban J connectivity index is 1.59. The van der Waals surface area contributed by atoms with Crippen LogP contribution in [0.15, 0.2) is 41.1 Å². The van der Waals surface area contributed by atoms with E-state index in [1.807, 2.05) is 0 Å². The Morgan fingerprint density at radius 2 is 1.92 bits per heavy atom. The first-order valence-corrected chi connectivity index (χ1v) is 11.1. The SMILES string of the molecule is O=C(O)C1=NCCC(/C=C/N2c3cc(O)c(O[C@@H]4O[C@H](CO)[C@@H](O)[C@H](O)[C@H]4O)cc3C[C@H]2C(=O)O)=C1. The van der Waals surface area contributed by atoms with Gasteiger partial charge < -0.3 is 50.1 Å². The van der Waals surface area contributed by atoms with Crippen LogP contribution in [0.2, 0.25) is 0 Å². The fraction of sp³-hybridized carbons (Fsp3) is 0.435. The van der Waals surface area contributed by atoms with E-state index < -0.39 is 61.0 Å². The number of allylic oxidation sites excluding steroid dienone is 1. The van der Waals surface area contributed by atoms with E-state index in [1.165, 1.54) is 29.3 Å². The summed E-state index contributed by atoms with van der Waals surface area (Å²) in [6, 6.07) is 1.64. The first kappa shape index (κ1) is 25.6. The highest BCUT2D eigenvalue weighted by molar-refractivity contribution is 6.40. The van der Waals surface area contributed by atoms with Crippen molar-refractivity contribution in [3.05, 3.63) is 41.6 Å². The summed E-state index contributed by atoms with van der Waals surface area (Å²) < 4.78 is 10.8. The summed E-state index contributed by atoms with van der Waals surface area (Å²) in [7, 11) is 0. The Labute approximate surface area is 204 Å². The number of aliphatic imine (C=N–C) groups is 1. The van der Waals surface area contributed by atoms with Gasteiger partial charge in [0.1, 0.15) is 36.2 Å². The minimum absolute atomic E-state index is 0.0429. The number of phenols is 1. The molecular weight excluding hydrogens is 480 g/mol. The van der Waals surface area contributed by atoms with Crippen molar-refractivity contribution in [2.45, 2.75) is 49.6 Å². The molecule has 3 aliphatic heterocycles. The summed E-state index contributed by atoms with van der Waals surface area (Å²) in [5.41, 5.74) is 1.42. The van der Waals surface area contributed by atoms with Crippen molar-refractivity contribution in [1.82, 2.24) is 0 Å². The quantitative estimate of drug-likeness (QED) is 0.231. The van der Waals surface area contributed by atoms with Crippen LogP contribution in [0.25, 0.3) is 0 Å². The third-order valence-electron chi connectivity index (χ3n) is 6.24. The maximum absolute atomic E-state index is 11.9. The molecule has 1 fully saturated rings. The number of aliphatic hydroxyl groups is 4. The maximum atomic E-state index is 11.9. The zero-order valence-electron chi connectivity index (χ0n) is 18.8. The van der Waals surface area contributed by atoms with Crippen LogP contribution in [0.5, 0.6) is 11.5 Å². The normalized spacial score (nSPS) is 30.1. The van der Waals surface area contributed by atoms with E-state index >= 15 is 0 Å². The largest absolute Gasteiger partial charge is 0.504 e. The number of aromatic hydroxyl groups is 1. The number of aliphatic carboxylic acids is 2. The minimum atomic E-state index is -1.69. The molecule has 0 saturated carbocycles. The number of benzene rings is 1. The summed E-state index contributed by atoms with van der Waals surface area (Å²) in [6.07, 6.45) is -2.65. The fourth-order valence-corrected chi connectivity index (χ4v) is 4.29. The molecule has 7 N–H and O–H groups in total. The summed E-state index contributed by atoms with van der Waals surface area (Å²) in [5, 5.41) is 68.9. The molecule has 0 spiro atoms. The Bertz CT molecular complexity index is 1130. The van der Waals surface area contributed by atoms with Crippen molar-refractivity contribution in [3.63, 3.8) is 0 Å². The van der Waals surface area contributed by atoms with E-state index in [0.29, 0.717) is 23.2 Å². The molecule has 1 aromatic carbocycles. The van der Waals surface area contributed by atoms with Crippen LogP contribution >= 0.6 is 0 Å². The van der Waals surface area contributed by atoms with Crippen LogP contribution in [-0.2, 0) is 20.7 Å². The van der Waals surface area contributed by atoms with Crippen molar-refractivity contribution < 1.29 is 54.8 Å². The number of fused-ring (bicyclic) bond motifs is 1. The number of anilines is 1. The zero-order chi connectivity index (χ0) is 26.1. The minimum Gasteiger partial charge on any atom is -0.504 e. The van der Waals surface area contributed by atoms with Gasteiger partial charge in [-0.25, -0.2) is 9.59 Å². The first-order valence-electron chi connectivity index (χ1n) is 11.1. The highest BCUT2D eigenvalue weighted by Crippen LogP contribution is 2.41. The second-order valence-electron chi connectivity index (χ2n) is 8.59. The van der Waals surface area contributed by atoms with Gasteiger partial charge in [-0.15, -0.1) is 0 Å². The number of ether oxygens (including phenoxy) is 2. The number of dihydropyridines is 1. The summed E-state index contributed by atoms with van der Waals surface area (Å²) in [6.45, 7) is -0.366. The van der Waals surface area contributed by atoms with Crippen LogP contribution in [0.3, 0.4) is 0 Å². The molecule has 1 aromatic rings. The van der Waals surface area contributed by atoms with Crippen molar-refractivity contribution in [1.29, 1.82) is 0 Å². The van der Waals surface area contributed by atoms with Crippen molar-refractivity contribution >= 4 is 23.3 Å². The number of aliphatic hydroxyl groups excluding tert-OH is 4. The van der Waals surface area contributed by atoms with Crippen LogP contribution in [-0.4, -0.2) is 103 Å². The Morgan fingerprint density at radius 3 is 2.58 bits per heavy atom. The van der Waals surface area contributed by atoms with E-state index in [4.69, 9.17) is 14.6 Å². The Kier molecular flexibility index (Phi) is 7.28. The molecule has 6 atom stereocenters. The predicted molar refractivity (Wildman–Crippen MR) is 122 cm³/mol. The predicted octanol–water partition coefficient (Wildman–Crippen LogP) is -1.24. The number of nitrogens with zero attached hydrogens (tertiary/aromatic N) is 2. The summed E-state index contributed by atoms with van der Waals surface area (Å²) in [4.78, 5) is 28.5. The molecule has 0 amide bonds. The van der Waals surface area contributed by atoms with Gasteiger partial charge >= 0.3 is 11.9 Å². The standard InChI is InChI=1S/C23H26N2O11/c26-9-17-18(28)19(29)20(30)23(36-17)35-16-7-11-6-14(22(33)34)25(13(11)8-15(16)27)4-2-10-1-3-24-12(5-10)21(31)32/h2,4-5,7-8,14,17-20,23,26-30H,1,3,6,9H2,(H,31,32)(H,33,34)/b4-2+/t14-,17+,18+,19-,20+,23+/m0/s1. The van der Waals surface area contributed by atoms with Gasteiger partial charge in [-0.1, -0.05) is 0 Å². The van der Waals surface area contributed by atoms with Crippen LogP contribution in [0, 0.1) is 0 Å². The third-order valence-corrected chi connectivity index (χ3v) is 6.24. The molecule has 0 aliphatic carbocycles. The van der Waals surface area contributed by atoms with Gasteiger partial charge in [0.25, 0.3) is 0 Å². The van der Waals surface area contributed by atoms with Gasteiger partial charge in [-0.05, 0) is 35.8 Å². The highest BCUT2D eigenvalue weighted by Gasteiger charge is 2.45. The molecule has 1 saturated heterocycles. The fourth-order valence-electron chi connectivity index (χ4n) is 4.29. The van der Waals surface area contributed by atoms with Crippen molar-refractivity contribution in [2.24, 2.45) is 4.99 Å². The monoisotopic (exact) mass is 506 g/mol. The Hall–Kier alpha value is -3.49. The second-order valence-corrected chi connectivity index (χ2v) is 8.59. The van der Waals surface area contributed by atoms with Gasteiger partial charge in [-0.2, -0.15) is 0 Å². The first-order chi connectivity index (χ1) is 17.1. The van der Waals surface area contributed by atoms with Gasteiger partial charge in [0.05, 0.1) is 6.61 Å². The van der Waals surface area contributed by atoms with Crippen LogP contribution in [0.1, 0.15) is 12.0 Å². The van der Waals surface area contributed by atoms with Crippen LogP contribution < -0.4 is 9.64 Å². The van der Waals surface area contributed by atoms with Crippen molar-refractivity contribution in [3.8, 4) is 11.5 Å². The lowest BCUT2D eigenvalue weighted by Crippen LogP contribution is -2.60. The lowest BCUT2D eigenvalue weighted by atomic mass is 9.99. The maximum Gasteiger partial charge on any atom is 0.354 e. The zero-order valence-corrected chi connectivity index (χ0v) is 18.8. The number of carboxylic acids is 2. The van der Waals surface area contributed by atoms with E-state index in [1.54, 1.807) is 6.08 Å². The summed E-state index contributed by atoms with van der Waals surface area (Å²) in [5.74, 6) is -2.86. The average Bonchev–Trinajstić information content (AvgIpc) is 3.20. The van der Waals surface area contributed by atoms with Gasteiger partial charge in [0, 0.05) is 30.9 Å². The van der Waals surface area contributed by atoms with E-state index in [0.717, 1.165) is 0 Å². The molecule has 0 radical (unpaired) electrons. The molecule has 0 bridgehead atoms. The molecule has 3 aliphatic rings. The number of hydrogen-bond donors (Lipinski definition) is 7. The number of carboxylic acid groups (broad SMARTS) is 2. The smallest absolute Gasteiger partial charge is 0.354 e. The highest BCUT2D eigenvalue weighted by atomic mass is 16.7. The number of rotatable bonds is 7. The third kappa shape index (κ3) is 4.92. The topological polar surface area (TPSA) is 210 Å². The van der Waals surface area contributed by atoms with E-state index in [2.05, 4.69) is 4.99 Å².